The minimum atomic E-state index is -0.0733. The molecule has 0 atom stereocenters. The molecule has 0 aliphatic heterocycles. The van der Waals surface area contributed by atoms with E-state index in [2.05, 4.69) is 15.9 Å². The molecule has 1 aromatic heterocycles. The number of thiophene rings is 1. The molecule has 2 amide bonds. The first-order chi connectivity index (χ1) is 8.86. The van der Waals surface area contributed by atoms with Crippen molar-refractivity contribution in [2.24, 2.45) is 0 Å². The summed E-state index contributed by atoms with van der Waals surface area (Å²) >= 11 is 4.83. The first kappa shape index (κ1) is 16.2. The first-order valence-corrected chi connectivity index (χ1v) is 7.73. The lowest BCUT2D eigenvalue weighted by atomic mass is 10.3. The third-order valence-corrected chi connectivity index (χ3v) is 4.80. The fourth-order valence-corrected chi connectivity index (χ4v) is 3.05. The highest BCUT2D eigenvalue weighted by molar-refractivity contribution is 9.11. The van der Waals surface area contributed by atoms with Gasteiger partial charge in [0.2, 0.25) is 5.91 Å². The van der Waals surface area contributed by atoms with Crippen LogP contribution in [0.3, 0.4) is 0 Å². The molecule has 0 saturated heterocycles. The number of carbonyl (C=O) groups excluding carboxylic acids is 2. The van der Waals surface area contributed by atoms with Gasteiger partial charge >= 0.3 is 0 Å². The Morgan fingerprint density at radius 2 is 2.00 bits per heavy atom. The number of rotatable bonds is 5. The maximum Gasteiger partial charge on any atom is 0.264 e. The lowest BCUT2D eigenvalue weighted by Crippen LogP contribution is -2.40. The number of likely N-dealkylation sites (N-methyl/N-ethyl adjacent to an activating group) is 1. The molecule has 0 bridgehead atoms. The van der Waals surface area contributed by atoms with Gasteiger partial charge < -0.3 is 9.80 Å². The standard InChI is InChI=1S/C13H19BrN2O2S/c1-5-6-16(8-11(17)15(3)4)13(18)10-7-9(2)12(14)19-10/h7H,5-6,8H2,1-4H3. The van der Waals surface area contributed by atoms with Gasteiger partial charge in [-0.2, -0.15) is 0 Å². The van der Waals surface area contributed by atoms with E-state index in [1.165, 1.54) is 16.2 Å². The number of amides is 2. The predicted molar refractivity (Wildman–Crippen MR) is 81.6 cm³/mol. The number of carbonyl (C=O) groups is 2. The van der Waals surface area contributed by atoms with Crippen LogP contribution in [0.2, 0.25) is 0 Å². The smallest absolute Gasteiger partial charge is 0.264 e. The minimum Gasteiger partial charge on any atom is -0.347 e. The van der Waals surface area contributed by atoms with Crippen LogP contribution in [0.1, 0.15) is 28.6 Å². The Morgan fingerprint density at radius 3 is 2.42 bits per heavy atom. The fraction of sp³-hybridized carbons (Fsp3) is 0.538. The van der Waals surface area contributed by atoms with Gasteiger partial charge in [-0.3, -0.25) is 9.59 Å². The third-order valence-electron chi connectivity index (χ3n) is 2.67. The zero-order valence-electron chi connectivity index (χ0n) is 11.7. The summed E-state index contributed by atoms with van der Waals surface area (Å²) < 4.78 is 0.964. The summed E-state index contributed by atoms with van der Waals surface area (Å²) in [5.74, 6) is -0.134. The van der Waals surface area contributed by atoms with Crippen LogP contribution in [0.15, 0.2) is 9.85 Å². The van der Waals surface area contributed by atoms with Crippen LogP contribution in [-0.4, -0.2) is 48.8 Å². The van der Waals surface area contributed by atoms with Crippen molar-refractivity contribution < 1.29 is 9.59 Å². The summed E-state index contributed by atoms with van der Waals surface area (Å²) in [5.41, 5.74) is 1.05. The quantitative estimate of drug-likeness (QED) is 0.822. The Morgan fingerprint density at radius 1 is 1.37 bits per heavy atom. The maximum atomic E-state index is 12.4. The lowest BCUT2D eigenvalue weighted by Gasteiger charge is -2.22. The molecule has 1 aromatic rings. The molecule has 1 heterocycles. The average molecular weight is 347 g/mol. The normalized spacial score (nSPS) is 10.4. The second kappa shape index (κ2) is 7.05. The van der Waals surface area contributed by atoms with Crippen LogP contribution in [0.4, 0.5) is 0 Å². The summed E-state index contributed by atoms with van der Waals surface area (Å²) in [6.45, 7) is 4.67. The number of aryl methyl sites for hydroxylation is 1. The molecule has 0 aliphatic rings. The molecule has 0 aliphatic carbocycles. The highest BCUT2D eigenvalue weighted by Crippen LogP contribution is 2.28. The molecule has 19 heavy (non-hydrogen) atoms. The van der Waals surface area contributed by atoms with Crippen molar-refractivity contribution >= 4 is 39.1 Å². The van der Waals surface area contributed by atoms with Crippen molar-refractivity contribution in [1.29, 1.82) is 0 Å². The van der Waals surface area contributed by atoms with E-state index in [0.29, 0.717) is 11.4 Å². The van der Waals surface area contributed by atoms with Gasteiger partial charge in [-0.25, -0.2) is 0 Å². The van der Waals surface area contributed by atoms with E-state index in [4.69, 9.17) is 0 Å². The van der Waals surface area contributed by atoms with E-state index in [9.17, 15) is 9.59 Å². The van der Waals surface area contributed by atoms with E-state index >= 15 is 0 Å². The Kier molecular flexibility index (Phi) is 6.00. The van der Waals surface area contributed by atoms with Gasteiger partial charge in [-0.05, 0) is 40.9 Å². The van der Waals surface area contributed by atoms with Gasteiger partial charge in [0, 0.05) is 20.6 Å². The molecule has 6 heteroatoms. The largest absolute Gasteiger partial charge is 0.347 e. The zero-order valence-corrected chi connectivity index (χ0v) is 14.1. The molecule has 4 nitrogen and oxygen atoms in total. The van der Waals surface area contributed by atoms with E-state index < -0.39 is 0 Å². The summed E-state index contributed by atoms with van der Waals surface area (Å²) in [4.78, 5) is 28.0. The number of nitrogens with zero attached hydrogens (tertiary/aromatic N) is 2. The Hall–Kier alpha value is -0.880. The van der Waals surface area contributed by atoms with Crippen LogP contribution < -0.4 is 0 Å². The third kappa shape index (κ3) is 4.31. The van der Waals surface area contributed by atoms with Gasteiger partial charge in [-0.1, -0.05) is 6.92 Å². The second-order valence-corrected chi connectivity index (χ2v) is 6.95. The SMILES string of the molecule is CCCN(CC(=O)N(C)C)C(=O)c1cc(C)c(Br)s1. The van der Waals surface area contributed by atoms with E-state index in [1.54, 1.807) is 19.0 Å². The summed E-state index contributed by atoms with van der Waals surface area (Å²) in [5, 5.41) is 0. The van der Waals surface area contributed by atoms with E-state index in [-0.39, 0.29) is 18.4 Å². The van der Waals surface area contributed by atoms with Crippen LogP contribution >= 0.6 is 27.3 Å². The first-order valence-electron chi connectivity index (χ1n) is 6.12. The monoisotopic (exact) mass is 346 g/mol. The molecule has 0 aromatic carbocycles. The maximum absolute atomic E-state index is 12.4. The minimum absolute atomic E-state index is 0.0610. The van der Waals surface area contributed by atoms with Crippen molar-refractivity contribution in [3.8, 4) is 0 Å². The Labute approximate surface area is 126 Å². The second-order valence-electron chi connectivity index (χ2n) is 4.58. The molecule has 0 saturated carbocycles. The average Bonchev–Trinajstić information content (AvgIpc) is 2.68. The summed E-state index contributed by atoms with van der Waals surface area (Å²) in [6.07, 6.45) is 0.831. The van der Waals surface area contributed by atoms with Gasteiger partial charge in [0.05, 0.1) is 8.66 Å². The van der Waals surface area contributed by atoms with Crippen LogP contribution in [0, 0.1) is 6.92 Å². The van der Waals surface area contributed by atoms with E-state index in [0.717, 1.165) is 15.8 Å². The highest BCUT2D eigenvalue weighted by Gasteiger charge is 2.21. The fourth-order valence-electron chi connectivity index (χ4n) is 1.55. The molecule has 106 valence electrons. The summed E-state index contributed by atoms with van der Waals surface area (Å²) in [6, 6.07) is 1.86. The van der Waals surface area contributed by atoms with Crippen LogP contribution in [0.5, 0.6) is 0 Å². The predicted octanol–water partition coefficient (Wildman–Crippen LogP) is 2.76. The van der Waals surface area contributed by atoms with Gasteiger partial charge in [0.25, 0.3) is 5.91 Å². The lowest BCUT2D eigenvalue weighted by molar-refractivity contribution is -0.129. The zero-order chi connectivity index (χ0) is 14.6. The van der Waals surface area contributed by atoms with Gasteiger partial charge in [-0.15, -0.1) is 11.3 Å². The number of hydrogen-bond acceptors (Lipinski definition) is 3. The molecule has 0 unspecified atom stereocenters. The Bertz CT molecular complexity index is 452. The molecule has 0 N–H and O–H groups in total. The highest BCUT2D eigenvalue weighted by atomic mass is 79.9. The molecule has 0 fully saturated rings. The van der Waals surface area contributed by atoms with Gasteiger partial charge in [0.1, 0.15) is 6.54 Å². The number of hydrogen-bond donors (Lipinski definition) is 0. The van der Waals surface area contributed by atoms with Crippen LogP contribution in [-0.2, 0) is 4.79 Å². The van der Waals surface area contributed by atoms with Crippen molar-refractivity contribution in [3.63, 3.8) is 0 Å². The van der Waals surface area contributed by atoms with Crippen molar-refractivity contribution in [1.82, 2.24) is 9.80 Å². The van der Waals surface area contributed by atoms with Crippen molar-refractivity contribution in [3.05, 3.63) is 20.3 Å². The topological polar surface area (TPSA) is 40.6 Å². The molecule has 0 spiro atoms. The van der Waals surface area contributed by atoms with E-state index in [1.807, 2.05) is 19.9 Å². The van der Waals surface area contributed by atoms with Gasteiger partial charge in [0.15, 0.2) is 0 Å². The number of halogens is 1. The summed E-state index contributed by atoms with van der Waals surface area (Å²) in [7, 11) is 3.39. The van der Waals surface area contributed by atoms with Crippen molar-refractivity contribution in [2.45, 2.75) is 20.3 Å². The van der Waals surface area contributed by atoms with Crippen molar-refractivity contribution in [2.75, 3.05) is 27.2 Å². The molecule has 0 radical (unpaired) electrons. The molecular weight excluding hydrogens is 328 g/mol. The Balaban J connectivity index is 2.86. The molecule has 1 rings (SSSR count). The van der Waals surface area contributed by atoms with Crippen LogP contribution in [0.25, 0.3) is 0 Å². The molecular formula is C13H19BrN2O2S.